The van der Waals surface area contributed by atoms with E-state index in [0.29, 0.717) is 19.5 Å². The van der Waals surface area contributed by atoms with Crippen molar-refractivity contribution < 1.29 is 13.2 Å². The Morgan fingerprint density at radius 2 is 2.06 bits per heavy atom. The number of hydrogen-bond acceptors (Lipinski definition) is 3. The van der Waals surface area contributed by atoms with E-state index in [1.54, 1.807) is 27.7 Å². The van der Waals surface area contributed by atoms with Crippen LogP contribution in [-0.4, -0.2) is 43.3 Å². The molecule has 0 spiro atoms. The van der Waals surface area contributed by atoms with Crippen molar-refractivity contribution in [3.05, 3.63) is 0 Å². The van der Waals surface area contributed by atoms with Crippen molar-refractivity contribution >= 4 is 16.1 Å². The number of rotatable bonds is 3. The summed E-state index contributed by atoms with van der Waals surface area (Å²) in [5.41, 5.74) is -0.551. The van der Waals surface area contributed by atoms with Gasteiger partial charge in [0.05, 0.1) is 0 Å². The zero-order valence-electron chi connectivity index (χ0n) is 10.8. The van der Waals surface area contributed by atoms with Gasteiger partial charge in [0, 0.05) is 18.6 Å². The van der Waals surface area contributed by atoms with Gasteiger partial charge in [-0.1, -0.05) is 6.92 Å². The van der Waals surface area contributed by atoms with Crippen LogP contribution in [0.4, 0.5) is 0 Å². The molecule has 6 nitrogen and oxygen atoms in total. The van der Waals surface area contributed by atoms with E-state index < -0.39 is 21.8 Å². The Bertz CT molecular complexity index is 386. The number of carbonyl (C=O) groups excluding carboxylic acids is 1. The first-order valence-electron chi connectivity index (χ1n) is 5.76. The van der Waals surface area contributed by atoms with E-state index >= 15 is 0 Å². The Kier molecular flexibility index (Phi) is 4.16. The quantitative estimate of drug-likeness (QED) is 0.742. The fraction of sp³-hybridized carbons (Fsp3) is 0.900. The fourth-order valence-corrected chi connectivity index (χ4v) is 3.62. The van der Waals surface area contributed by atoms with Crippen molar-refractivity contribution in [2.75, 3.05) is 13.1 Å². The average molecular weight is 263 g/mol. The normalized spacial score (nSPS) is 23.5. The molecule has 1 rings (SSSR count). The van der Waals surface area contributed by atoms with Crippen molar-refractivity contribution in [3.63, 3.8) is 0 Å². The number of piperazine rings is 1. The summed E-state index contributed by atoms with van der Waals surface area (Å²) in [5.74, 6) is -0.224. The smallest absolute Gasteiger partial charge is 0.280 e. The number of carbonyl (C=O) groups is 1. The van der Waals surface area contributed by atoms with Gasteiger partial charge in [0.15, 0.2) is 0 Å². The zero-order valence-corrected chi connectivity index (χ0v) is 11.6. The monoisotopic (exact) mass is 263 g/mol. The molecule has 1 saturated heterocycles. The van der Waals surface area contributed by atoms with Gasteiger partial charge in [0.1, 0.15) is 6.04 Å². The lowest BCUT2D eigenvalue weighted by molar-refractivity contribution is -0.126. The minimum Gasteiger partial charge on any atom is -0.353 e. The van der Waals surface area contributed by atoms with E-state index in [0.717, 1.165) is 0 Å². The first kappa shape index (κ1) is 14.4. The van der Waals surface area contributed by atoms with Gasteiger partial charge in [0.2, 0.25) is 5.91 Å². The number of amides is 1. The van der Waals surface area contributed by atoms with E-state index in [1.807, 2.05) is 0 Å². The molecule has 17 heavy (non-hydrogen) atoms. The first-order valence-corrected chi connectivity index (χ1v) is 7.20. The molecule has 0 radical (unpaired) electrons. The Balaban J connectivity index is 2.93. The molecule has 1 atom stereocenters. The molecule has 100 valence electrons. The Labute approximate surface area is 103 Å². The topological polar surface area (TPSA) is 78.5 Å². The highest BCUT2D eigenvalue weighted by atomic mass is 32.2. The molecule has 0 bridgehead atoms. The predicted octanol–water partition coefficient (Wildman–Crippen LogP) is -0.170. The van der Waals surface area contributed by atoms with Crippen molar-refractivity contribution in [3.8, 4) is 0 Å². The second-order valence-electron chi connectivity index (χ2n) is 5.18. The van der Waals surface area contributed by atoms with Crippen LogP contribution in [0.15, 0.2) is 0 Å². The molecule has 1 amide bonds. The summed E-state index contributed by atoms with van der Waals surface area (Å²) in [6, 6.07) is -0.608. The molecule has 0 saturated carbocycles. The van der Waals surface area contributed by atoms with Crippen LogP contribution in [0.3, 0.4) is 0 Å². The van der Waals surface area contributed by atoms with Gasteiger partial charge in [-0.05, 0) is 27.2 Å². The molecule has 1 aliphatic rings. The highest BCUT2D eigenvalue weighted by molar-refractivity contribution is 7.87. The molecule has 0 aromatic heterocycles. The van der Waals surface area contributed by atoms with Crippen molar-refractivity contribution in [2.45, 2.75) is 45.7 Å². The molecule has 1 unspecified atom stereocenters. The lowest BCUT2D eigenvalue weighted by atomic mass is 10.1. The van der Waals surface area contributed by atoms with Gasteiger partial charge in [0.25, 0.3) is 10.2 Å². The maximum Gasteiger partial charge on any atom is 0.280 e. The van der Waals surface area contributed by atoms with E-state index in [4.69, 9.17) is 0 Å². The summed E-state index contributed by atoms with van der Waals surface area (Å²) in [6.07, 6.45) is 0.469. The second-order valence-corrected chi connectivity index (χ2v) is 6.81. The van der Waals surface area contributed by atoms with Gasteiger partial charge in [-0.2, -0.15) is 17.4 Å². The second kappa shape index (κ2) is 4.91. The molecule has 0 aromatic rings. The largest absolute Gasteiger partial charge is 0.353 e. The van der Waals surface area contributed by atoms with Crippen LogP contribution in [0.1, 0.15) is 34.1 Å². The molecule has 0 aliphatic carbocycles. The van der Waals surface area contributed by atoms with Crippen LogP contribution in [0.25, 0.3) is 0 Å². The van der Waals surface area contributed by atoms with E-state index in [2.05, 4.69) is 10.0 Å². The van der Waals surface area contributed by atoms with Gasteiger partial charge < -0.3 is 5.32 Å². The summed E-state index contributed by atoms with van der Waals surface area (Å²) in [5, 5.41) is 2.68. The van der Waals surface area contributed by atoms with Crippen LogP contribution in [-0.2, 0) is 15.0 Å². The van der Waals surface area contributed by atoms with Crippen molar-refractivity contribution in [1.29, 1.82) is 0 Å². The Hall–Kier alpha value is -0.660. The fourth-order valence-electron chi connectivity index (χ4n) is 1.82. The zero-order chi connectivity index (χ0) is 13.3. The average Bonchev–Trinajstić information content (AvgIpc) is 2.13. The highest BCUT2D eigenvalue weighted by Crippen LogP contribution is 2.14. The maximum absolute atomic E-state index is 12.2. The first-order chi connectivity index (χ1) is 7.67. The van der Waals surface area contributed by atoms with Crippen LogP contribution < -0.4 is 10.0 Å². The minimum absolute atomic E-state index is 0.224. The van der Waals surface area contributed by atoms with Gasteiger partial charge in [-0.3, -0.25) is 4.79 Å². The van der Waals surface area contributed by atoms with E-state index in [9.17, 15) is 13.2 Å². The van der Waals surface area contributed by atoms with Crippen LogP contribution in [0.5, 0.6) is 0 Å². The molecule has 0 aromatic carbocycles. The summed E-state index contributed by atoms with van der Waals surface area (Å²) < 4.78 is 28.1. The molecule has 1 aliphatic heterocycles. The standard InChI is InChI=1S/C10H21N3O3S/c1-5-8-9(14)11-6-7-13(8)17(15,16)12-10(2,3)4/h8,12H,5-7H2,1-4H3,(H,11,14). The number of nitrogens with zero attached hydrogens (tertiary/aromatic N) is 1. The third-order valence-electron chi connectivity index (χ3n) is 2.41. The van der Waals surface area contributed by atoms with Crippen LogP contribution in [0, 0.1) is 0 Å². The minimum atomic E-state index is -3.61. The predicted molar refractivity (Wildman–Crippen MR) is 65.6 cm³/mol. The highest BCUT2D eigenvalue weighted by Gasteiger charge is 2.37. The SMILES string of the molecule is CCC1C(=O)NCCN1S(=O)(=O)NC(C)(C)C. The molecule has 7 heteroatoms. The summed E-state index contributed by atoms with van der Waals surface area (Å²) >= 11 is 0. The molecule has 2 N–H and O–H groups in total. The lowest BCUT2D eigenvalue weighted by Crippen LogP contribution is -2.61. The van der Waals surface area contributed by atoms with E-state index in [-0.39, 0.29) is 5.91 Å². The molecular formula is C10H21N3O3S. The number of nitrogens with one attached hydrogen (secondary N) is 2. The Morgan fingerprint density at radius 1 is 1.47 bits per heavy atom. The van der Waals surface area contributed by atoms with Gasteiger partial charge in [-0.15, -0.1) is 0 Å². The summed E-state index contributed by atoms with van der Waals surface area (Å²) in [7, 11) is -3.61. The van der Waals surface area contributed by atoms with Crippen molar-refractivity contribution in [1.82, 2.24) is 14.3 Å². The number of hydrogen-bond donors (Lipinski definition) is 2. The third-order valence-corrected chi connectivity index (χ3v) is 4.34. The van der Waals surface area contributed by atoms with Crippen molar-refractivity contribution in [2.24, 2.45) is 0 Å². The molecular weight excluding hydrogens is 242 g/mol. The summed E-state index contributed by atoms with van der Waals surface area (Å²) in [4.78, 5) is 11.6. The third kappa shape index (κ3) is 3.65. The van der Waals surface area contributed by atoms with Crippen LogP contribution >= 0.6 is 0 Å². The van der Waals surface area contributed by atoms with Crippen LogP contribution in [0.2, 0.25) is 0 Å². The Morgan fingerprint density at radius 3 is 2.53 bits per heavy atom. The molecule has 1 fully saturated rings. The van der Waals surface area contributed by atoms with Gasteiger partial charge >= 0.3 is 0 Å². The lowest BCUT2D eigenvalue weighted by Gasteiger charge is -2.35. The summed E-state index contributed by atoms with van der Waals surface area (Å²) in [6.45, 7) is 7.80. The van der Waals surface area contributed by atoms with E-state index in [1.165, 1.54) is 4.31 Å². The maximum atomic E-state index is 12.2. The molecule has 1 heterocycles. The van der Waals surface area contributed by atoms with Gasteiger partial charge in [-0.25, -0.2) is 0 Å².